The van der Waals surface area contributed by atoms with Gasteiger partial charge in [-0.25, -0.2) is 4.79 Å². The number of benzene rings is 1. The first-order valence-corrected chi connectivity index (χ1v) is 8.80. The molecule has 0 heterocycles. The maximum absolute atomic E-state index is 12.6. The zero-order valence-electron chi connectivity index (χ0n) is 13.2. The third kappa shape index (κ3) is 5.11. The second-order valence-corrected chi connectivity index (χ2v) is 6.78. The van der Waals surface area contributed by atoms with Gasteiger partial charge in [-0.15, -0.1) is 0 Å². The van der Waals surface area contributed by atoms with Crippen LogP contribution in [-0.2, 0) is 4.79 Å². The first kappa shape index (κ1) is 18.1. The number of nitrogens with one attached hydrogen (secondary N) is 2. The monoisotopic (exact) mass is 356 g/mol. The molecule has 1 unspecified atom stereocenters. The SMILES string of the molecule is CCNC(=O)NC(=O)C(CC1CCCC1)c1ccc(Cl)c(Cl)c1. The topological polar surface area (TPSA) is 58.2 Å². The lowest BCUT2D eigenvalue weighted by molar-refractivity contribution is -0.121. The van der Waals surface area contributed by atoms with Gasteiger partial charge in [-0.1, -0.05) is 55.0 Å². The Morgan fingerprint density at radius 1 is 1.22 bits per heavy atom. The van der Waals surface area contributed by atoms with E-state index >= 15 is 0 Å². The Balaban J connectivity index is 2.17. The Bertz CT molecular complexity index is 572. The molecule has 6 heteroatoms. The van der Waals surface area contributed by atoms with Crippen LogP contribution in [0.1, 0.15) is 50.5 Å². The lowest BCUT2D eigenvalue weighted by Crippen LogP contribution is -2.42. The van der Waals surface area contributed by atoms with Crippen LogP contribution in [0.25, 0.3) is 0 Å². The molecule has 0 aromatic heterocycles. The van der Waals surface area contributed by atoms with Gasteiger partial charge in [0.25, 0.3) is 0 Å². The Kier molecular flexibility index (Phi) is 6.72. The van der Waals surface area contributed by atoms with E-state index in [4.69, 9.17) is 23.2 Å². The number of amides is 3. The standard InChI is InChI=1S/C17H22Cl2N2O2/c1-2-20-17(23)21-16(22)13(9-11-5-3-4-6-11)12-7-8-14(18)15(19)10-12/h7-8,10-11,13H,2-6,9H2,1H3,(H2,20,21,22,23). The third-order valence-corrected chi connectivity index (χ3v) is 5.02. The number of halogens is 2. The molecule has 0 bridgehead atoms. The maximum atomic E-state index is 12.6. The Hall–Kier alpha value is -1.26. The van der Waals surface area contributed by atoms with Gasteiger partial charge < -0.3 is 5.32 Å². The molecule has 1 atom stereocenters. The number of imide groups is 1. The van der Waals surface area contributed by atoms with Gasteiger partial charge in [0.05, 0.1) is 16.0 Å². The summed E-state index contributed by atoms with van der Waals surface area (Å²) in [6.45, 7) is 2.28. The summed E-state index contributed by atoms with van der Waals surface area (Å²) < 4.78 is 0. The van der Waals surface area contributed by atoms with E-state index in [1.54, 1.807) is 19.1 Å². The number of carbonyl (C=O) groups is 2. The number of urea groups is 1. The molecule has 1 aliphatic carbocycles. The van der Waals surface area contributed by atoms with Crippen molar-refractivity contribution in [1.29, 1.82) is 0 Å². The number of hydrogen-bond acceptors (Lipinski definition) is 2. The zero-order chi connectivity index (χ0) is 16.8. The first-order chi connectivity index (χ1) is 11.0. The minimum atomic E-state index is -0.464. The Labute approximate surface area is 146 Å². The van der Waals surface area contributed by atoms with Crippen molar-refractivity contribution in [2.24, 2.45) is 5.92 Å². The molecule has 0 radical (unpaired) electrons. The molecule has 0 saturated heterocycles. The number of hydrogen-bond donors (Lipinski definition) is 2. The van der Waals surface area contributed by atoms with E-state index in [1.807, 2.05) is 6.07 Å². The van der Waals surface area contributed by atoms with Crippen molar-refractivity contribution >= 4 is 35.1 Å². The molecule has 1 fully saturated rings. The van der Waals surface area contributed by atoms with Crippen LogP contribution in [0, 0.1) is 5.92 Å². The molecule has 3 amide bonds. The second-order valence-electron chi connectivity index (χ2n) is 5.96. The van der Waals surface area contributed by atoms with Crippen molar-refractivity contribution < 1.29 is 9.59 Å². The second kappa shape index (κ2) is 8.55. The average Bonchev–Trinajstić information content (AvgIpc) is 3.01. The maximum Gasteiger partial charge on any atom is 0.321 e. The van der Waals surface area contributed by atoms with Crippen molar-refractivity contribution in [2.75, 3.05) is 6.54 Å². The van der Waals surface area contributed by atoms with Crippen molar-refractivity contribution in [3.63, 3.8) is 0 Å². The molecular formula is C17H22Cl2N2O2. The van der Waals surface area contributed by atoms with Gasteiger partial charge in [0.2, 0.25) is 5.91 Å². The highest BCUT2D eigenvalue weighted by Gasteiger charge is 2.28. The quantitative estimate of drug-likeness (QED) is 0.815. The van der Waals surface area contributed by atoms with Crippen LogP contribution in [-0.4, -0.2) is 18.5 Å². The fourth-order valence-corrected chi connectivity index (χ4v) is 3.41. The molecule has 1 saturated carbocycles. The molecule has 126 valence electrons. The molecule has 23 heavy (non-hydrogen) atoms. The van der Waals surface area contributed by atoms with Crippen LogP contribution in [0.2, 0.25) is 10.0 Å². The Morgan fingerprint density at radius 2 is 1.91 bits per heavy atom. The summed E-state index contributed by atoms with van der Waals surface area (Å²) in [5.41, 5.74) is 0.799. The van der Waals surface area contributed by atoms with E-state index < -0.39 is 11.9 Å². The third-order valence-electron chi connectivity index (χ3n) is 4.28. The number of carbonyl (C=O) groups excluding carboxylic acids is 2. The van der Waals surface area contributed by atoms with E-state index in [2.05, 4.69) is 10.6 Å². The molecule has 2 rings (SSSR count). The van der Waals surface area contributed by atoms with E-state index in [-0.39, 0.29) is 5.91 Å². The fraction of sp³-hybridized carbons (Fsp3) is 0.529. The van der Waals surface area contributed by atoms with E-state index in [9.17, 15) is 9.59 Å². The van der Waals surface area contributed by atoms with Crippen LogP contribution in [0.3, 0.4) is 0 Å². The molecule has 2 N–H and O–H groups in total. The van der Waals surface area contributed by atoms with Gasteiger partial charge in [-0.2, -0.15) is 0 Å². The van der Waals surface area contributed by atoms with E-state index in [0.29, 0.717) is 22.5 Å². The molecule has 1 aromatic rings. The van der Waals surface area contributed by atoms with Crippen molar-refractivity contribution in [2.45, 2.75) is 44.9 Å². The van der Waals surface area contributed by atoms with Crippen LogP contribution in [0.4, 0.5) is 4.79 Å². The summed E-state index contributed by atoms with van der Waals surface area (Å²) in [5, 5.41) is 5.88. The highest BCUT2D eigenvalue weighted by molar-refractivity contribution is 6.42. The van der Waals surface area contributed by atoms with Crippen molar-refractivity contribution in [1.82, 2.24) is 10.6 Å². The summed E-state index contributed by atoms with van der Waals surface area (Å²) in [4.78, 5) is 24.2. The van der Waals surface area contributed by atoms with Crippen molar-refractivity contribution in [3.8, 4) is 0 Å². The Morgan fingerprint density at radius 3 is 2.52 bits per heavy atom. The van der Waals surface area contributed by atoms with Crippen LogP contribution in [0.15, 0.2) is 18.2 Å². The summed E-state index contributed by atoms with van der Waals surface area (Å²) in [6.07, 6.45) is 5.40. The summed E-state index contributed by atoms with van der Waals surface area (Å²) in [7, 11) is 0. The normalized spacial score (nSPS) is 16.1. The molecular weight excluding hydrogens is 335 g/mol. The summed E-state index contributed by atoms with van der Waals surface area (Å²) >= 11 is 12.1. The summed E-state index contributed by atoms with van der Waals surface area (Å²) in [6, 6.07) is 4.76. The molecule has 0 aliphatic heterocycles. The highest BCUT2D eigenvalue weighted by atomic mass is 35.5. The lowest BCUT2D eigenvalue weighted by atomic mass is 9.87. The van der Waals surface area contributed by atoms with Crippen LogP contribution < -0.4 is 10.6 Å². The van der Waals surface area contributed by atoms with Gasteiger partial charge in [0, 0.05) is 6.54 Å². The smallest absolute Gasteiger partial charge is 0.321 e. The van der Waals surface area contributed by atoms with Gasteiger partial charge in [-0.3, -0.25) is 10.1 Å². The predicted octanol–water partition coefficient (Wildman–Crippen LogP) is 4.50. The lowest BCUT2D eigenvalue weighted by Gasteiger charge is -2.20. The van der Waals surface area contributed by atoms with Gasteiger partial charge >= 0.3 is 6.03 Å². The largest absolute Gasteiger partial charge is 0.338 e. The van der Waals surface area contributed by atoms with E-state index in [0.717, 1.165) is 24.8 Å². The minimum Gasteiger partial charge on any atom is -0.338 e. The number of rotatable bonds is 5. The zero-order valence-corrected chi connectivity index (χ0v) is 14.7. The van der Waals surface area contributed by atoms with Crippen LogP contribution >= 0.6 is 23.2 Å². The van der Waals surface area contributed by atoms with Gasteiger partial charge in [-0.05, 0) is 37.0 Å². The van der Waals surface area contributed by atoms with Gasteiger partial charge in [0.1, 0.15) is 0 Å². The van der Waals surface area contributed by atoms with Crippen LogP contribution in [0.5, 0.6) is 0 Å². The summed E-state index contributed by atoms with van der Waals surface area (Å²) in [5.74, 6) is -0.175. The molecule has 0 spiro atoms. The fourth-order valence-electron chi connectivity index (χ4n) is 3.11. The molecule has 1 aromatic carbocycles. The molecule has 1 aliphatic rings. The van der Waals surface area contributed by atoms with Crippen molar-refractivity contribution in [3.05, 3.63) is 33.8 Å². The van der Waals surface area contributed by atoms with E-state index in [1.165, 1.54) is 12.8 Å². The molecule has 4 nitrogen and oxygen atoms in total. The first-order valence-electron chi connectivity index (χ1n) is 8.05. The predicted molar refractivity (Wildman–Crippen MR) is 93.0 cm³/mol. The van der Waals surface area contributed by atoms with Gasteiger partial charge in [0.15, 0.2) is 0 Å². The minimum absolute atomic E-state index is 0.291. The highest BCUT2D eigenvalue weighted by Crippen LogP contribution is 2.36. The average molecular weight is 357 g/mol.